The molecule has 0 aliphatic carbocycles. The predicted octanol–water partition coefficient (Wildman–Crippen LogP) is 1.13. The van der Waals surface area contributed by atoms with Crippen molar-refractivity contribution in [1.29, 1.82) is 0 Å². The van der Waals surface area contributed by atoms with Crippen molar-refractivity contribution in [3.8, 4) is 0 Å². The highest BCUT2D eigenvalue weighted by atomic mass is 32.2. The summed E-state index contributed by atoms with van der Waals surface area (Å²) in [4.78, 5) is 4.09. The summed E-state index contributed by atoms with van der Waals surface area (Å²) in [6.45, 7) is 2.67. The molecule has 0 spiro atoms. The van der Waals surface area contributed by atoms with E-state index in [4.69, 9.17) is 0 Å². The molecule has 0 heterocycles. The number of rotatable bonds is 7. The van der Waals surface area contributed by atoms with Crippen LogP contribution >= 0.6 is 0 Å². The number of hydrogen-bond acceptors (Lipinski definition) is 4. The van der Waals surface area contributed by atoms with Crippen LogP contribution < -0.4 is 14.5 Å². The molecular formula is C13H23N3O2S. The molecule has 1 rings (SSSR count). The third-order valence-corrected chi connectivity index (χ3v) is 4.33. The summed E-state index contributed by atoms with van der Waals surface area (Å²) in [5, 5.41) is 0. The third-order valence-electron chi connectivity index (χ3n) is 2.92. The van der Waals surface area contributed by atoms with Gasteiger partial charge in [-0.2, -0.15) is 0 Å². The highest BCUT2D eigenvalue weighted by Crippen LogP contribution is 2.26. The number of nitrogens with zero attached hydrogens (tertiary/aromatic N) is 2. The molecule has 1 aromatic carbocycles. The first-order chi connectivity index (χ1) is 8.87. The van der Waals surface area contributed by atoms with Gasteiger partial charge in [-0.3, -0.25) is 0 Å². The Morgan fingerprint density at radius 2 is 1.68 bits per heavy atom. The van der Waals surface area contributed by atoms with Crippen LogP contribution in [0.1, 0.15) is 6.92 Å². The molecule has 0 amide bonds. The molecule has 0 fully saturated rings. The zero-order valence-electron chi connectivity index (χ0n) is 12.0. The number of benzene rings is 1. The van der Waals surface area contributed by atoms with Crippen molar-refractivity contribution in [2.75, 3.05) is 49.8 Å². The van der Waals surface area contributed by atoms with Gasteiger partial charge in [0.2, 0.25) is 10.0 Å². The van der Waals surface area contributed by atoms with Gasteiger partial charge in [0.05, 0.1) is 17.1 Å². The van der Waals surface area contributed by atoms with E-state index in [1.807, 2.05) is 55.2 Å². The molecule has 0 unspecified atom stereocenters. The van der Waals surface area contributed by atoms with Gasteiger partial charge in [0.25, 0.3) is 0 Å². The van der Waals surface area contributed by atoms with E-state index in [-0.39, 0.29) is 5.75 Å². The summed E-state index contributed by atoms with van der Waals surface area (Å²) >= 11 is 0. The Hall–Kier alpha value is -1.27. The monoisotopic (exact) mass is 285 g/mol. The summed E-state index contributed by atoms with van der Waals surface area (Å²) < 4.78 is 25.3. The van der Waals surface area contributed by atoms with Crippen LogP contribution in [0.3, 0.4) is 0 Å². The van der Waals surface area contributed by atoms with E-state index in [9.17, 15) is 8.42 Å². The summed E-state index contributed by atoms with van der Waals surface area (Å²) in [7, 11) is 2.84. The molecule has 0 saturated carbocycles. The molecule has 108 valence electrons. The van der Waals surface area contributed by atoms with E-state index >= 15 is 0 Å². The van der Waals surface area contributed by atoms with Crippen LogP contribution in [-0.4, -0.2) is 48.4 Å². The van der Waals surface area contributed by atoms with Crippen molar-refractivity contribution in [2.45, 2.75) is 6.92 Å². The van der Waals surface area contributed by atoms with Crippen molar-refractivity contribution in [1.82, 2.24) is 4.72 Å². The summed E-state index contributed by atoms with van der Waals surface area (Å²) in [5.74, 6) is 0.116. The zero-order chi connectivity index (χ0) is 14.5. The van der Waals surface area contributed by atoms with E-state index in [0.717, 1.165) is 11.4 Å². The van der Waals surface area contributed by atoms with Gasteiger partial charge < -0.3 is 9.80 Å². The first-order valence-corrected chi connectivity index (χ1v) is 7.97. The summed E-state index contributed by atoms with van der Waals surface area (Å²) in [5.41, 5.74) is 2.20. The lowest BCUT2D eigenvalue weighted by Gasteiger charge is -2.25. The lowest BCUT2D eigenvalue weighted by atomic mass is 10.2. The van der Waals surface area contributed by atoms with Crippen molar-refractivity contribution in [3.05, 3.63) is 24.3 Å². The third kappa shape index (κ3) is 4.72. The van der Waals surface area contributed by atoms with Crippen LogP contribution in [0.25, 0.3) is 0 Å². The number of sulfonamides is 1. The van der Waals surface area contributed by atoms with Gasteiger partial charge in [0.15, 0.2) is 0 Å². The smallest absolute Gasteiger partial charge is 0.211 e. The number of nitrogens with one attached hydrogen (secondary N) is 1. The second-order valence-corrected chi connectivity index (χ2v) is 6.70. The molecule has 0 radical (unpaired) electrons. The minimum Gasteiger partial charge on any atom is -0.376 e. The lowest BCUT2D eigenvalue weighted by molar-refractivity contribution is 0.583. The van der Waals surface area contributed by atoms with E-state index in [1.54, 1.807) is 6.92 Å². The Kier molecular flexibility index (Phi) is 5.62. The largest absolute Gasteiger partial charge is 0.376 e. The fourth-order valence-electron chi connectivity index (χ4n) is 1.76. The van der Waals surface area contributed by atoms with Crippen molar-refractivity contribution in [2.24, 2.45) is 0 Å². The number of anilines is 2. The summed E-state index contributed by atoms with van der Waals surface area (Å²) in [6.07, 6.45) is 0. The first-order valence-electron chi connectivity index (χ1n) is 6.32. The van der Waals surface area contributed by atoms with Gasteiger partial charge >= 0.3 is 0 Å². The van der Waals surface area contributed by atoms with E-state index in [0.29, 0.717) is 13.1 Å². The number of hydrogen-bond donors (Lipinski definition) is 1. The van der Waals surface area contributed by atoms with Crippen molar-refractivity contribution in [3.63, 3.8) is 0 Å². The van der Waals surface area contributed by atoms with Crippen LogP contribution in [0.4, 0.5) is 11.4 Å². The van der Waals surface area contributed by atoms with E-state index in [1.165, 1.54) is 0 Å². The Balaban J connectivity index is 2.66. The van der Waals surface area contributed by atoms with Crippen LogP contribution in [0.15, 0.2) is 24.3 Å². The van der Waals surface area contributed by atoms with E-state index in [2.05, 4.69) is 4.72 Å². The minimum atomic E-state index is -3.11. The molecule has 1 N–H and O–H groups in total. The molecule has 0 aromatic heterocycles. The topological polar surface area (TPSA) is 52.7 Å². The molecule has 0 saturated heterocycles. The maximum absolute atomic E-state index is 11.4. The highest BCUT2D eigenvalue weighted by Gasteiger charge is 2.10. The van der Waals surface area contributed by atoms with Gasteiger partial charge in [0.1, 0.15) is 0 Å². The Morgan fingerprint density at radius 1 is 1.11 bits per heavy atom. The van der Waals surface area contributed by atoms with Gasteiger partial charge in [0, 0.05) is 34.2 Å². The van der Waals surface area contributed by atoms with E-state index < -0.39 is 10.0 Å². The normalized spacial score (nSPS) is 11.4. The molecule has 0 aliphatic rings. The maximum Gasteiger partial charge on any atom is 0.211 e. The second-order valence-electron chi connectivity index (χ2n) is 4.60. The maximum atomic E-state index is 11.4. The Labute approximate surface area is 116 Å². The van der Waals surface area contributed by atoms with Gasteiger partial charge in [-0.1, -0.05) is 12.1 Å². The molecule has 5 nitrogen and oxygen atoms in total. The number of para-hydroxylation sites is 2. The standard InChI is InChI=1S/C13H23N3O2S/c1-5-19(17,18)14-10-11-16(4)13-9-7-6-8-12(13)15(2)3/h6-9,14H,5,10-11H2,1-4H3. The molecule has 6 heteroatoms. The number of likely N-dealkylation sites (N-methyl/N-ethyl adjacent to an activating group) is 1. The van der Waals surface area contributed by atoms with Crippen LogP contribution in [-0.2, 0) is 10.0 Å². The fraction of sp³-hybridized carbons (Fsp3) is 0.538. The molecule has 1 aromatic rings. The first kappa shape index (κ1) is 15.8. The molecular weight excluding hydrogens is 262 g/mol. The highest BCUT2D eigenvalue weighted by molar-refractivity contribution is 7.89. The quantitative estimate of drug-likeness (QED) is 0.816. The SMILES string of the molecule is CCS(=O)(=O)NCCN(C)c1ccccc1N(C)C. The zero-order valence-corrected chi connectivity index (χ0v) is 12.9. The molecule has 19 heavy (non-hydrogen) atoms. The summed E-state index contributed by atoms with van der Waals surface area (Å²) in [6, 6.07) is 8.05. The minimum absolute atomic E-state index is 0.116. The lowest BCUT2D eigenvalue weighted by Crippen LogP contribution is -2.34. The Morgan fingerprint density at radius 3 is 2.21 bits per heavy atom. The molecule has 0 atom stereocenters. The molecule has 0 bridgehead atoms. The van der Waals surface area contributed by atoms with Crippen LogP contribution in [0.2, 0.25) is 0 Å². The average molecular weight is 285 g/mol. The predicted molar refractivity (Wildman–Crippen MR) is 81.5 cm³/mol. The Bertz CT molecular complexity index is 500. The van der Waals surface area contributed by atoms with Crippen molar-refractivity contribution >= 4 is 21.4 Å². The van der Waals surface area contributed by atoms with Gasteiger partial charge in [-0.05, 0) is 19.1 Å². The average Bonchev–Trinajstić information content (AvgIpc) is 2.38. The molecule has 0 aliphatic heterocycles. The van der Waals surface area contributed by atoms with Crippen LogP contribution in [0.5, 0.6) is 0 Å². The second kappa shape index (κ2) is 6.77. The van der Waals surface area contributed by atoms with Gasteiger partial charge in [-0.15, -0.1) is 0 Å². The van der Waals surface area contributed by atoms with Gasteiger partial charge in [-0.25, -0.2) is 13.1 Å². The van der Waals surface area contributed by atoms with Crippen LogP contribution in [0, 0.1) is 0 Å². The fourth-order valence-corrected chi connectivity index (χ4v) is 2.36. The van der Waals surface area contributed by atoms with Crippen molar-refractivity contribution < 1.29 is 8.42 Å².